The first-order valence-corrected chi connectivity index (χ1v) is 7.39. The average molecular weight is 280 g/mol. The molecule has 1 fully saturated rings. The lowest BCUT2D eigenvalue weighted by atomic mass is 9.81. The summed E-state index contributed by atoms with van der Waals surface area (Å²) in [6.45, 7) is 5.75. The first-order valence-electron chi connectivity index (χ1n) is 7.39. The van der Waals surface area contributed by atoms with E-state index >= 15 is 0 Å². The summed E-state index contributed by atoms with van der Waals surface area (Å²) in [6, 6.07) is 0. The Morgan fingerprint density at radius 2 is 1.95 bits per heavy atom. The van der Waals surface area contributed by atoms with Gasteiger partial charge in [0.2, 0.25) is 0 Å². The Bertz CT molecular complexity index is 243. The molecule has 0 aliphatic heterocycles. The number of nitrogens with one attached hydrogen (secondary N) is 1. The van der Waals surface area contributed by atoms with E-state index in [1.807, 2.05) is 7.05 Å². The Balaban J connectivity index is 2.24. The zero-order valence-electron chi connectivity index (χ0n) is 12.1. The number of nitrogens with zero attached hydrogens (tertiary/aromatic N) is 1. The SMILES string of the molecule is CCCNCCN(C)CC1CCCC(C(F)(F)F)C1. The van der Waals surface area contributed by atoms with Crippen molar-refractivity contribution in [3.05, 3.63) is 0 Å². The van der Waals surface area contributed by atoms with Gasteiger partial charge in [-0.25, -0.2) is 0 Å². The van der Waals surface area contributed by atoms with Gasteiger partial charge in [0.25, 0.3) is 0 Å². The first-order chi connectivity index (χ1) is 8.93. The van der Waals surface area contributed by atoms with Crippen LogP contribution < -0.4 is 5.32 Å². The molecule has 0 spiro atoms. The second-order valence-electron chi connectivity index (χ2n) is 5.78. The number of halogens is 3. The van der Waals surface area contributed by atoms with Crippen molar-refractivity contribution >= 4 is 0 Å². The van der Waals surface area contributed by atoms with Crippen molar-refractivity contribution in [2.24, 2.45) is 11.8 Å². The third-order valence-corrected chi connectivity index (χ3v) is 3.91. The molecular weight excluding hydrogens is 253 g/mol. The zero-order chi connectivity index (χ0) is 14.3. The quantitative estimate of drug-likeness (QED) is 0.720. The van der Waals surface area contributed by atoms with Crippen LogP contribution >= 0.6 is 0 Å². The second kappa shape index (κ2) is 8.10. The number of hydrogen-bond donors (Lipinski definition) is 1. The van der Waals surface area contributed by atoms with Crippen LogP contribution in [0, 0.1) is 11.8 Å². The van der Waals surface area contributed by atoms with Crippen LogP contribution in [0.25, 0.3) is 0 Å². The summed E-state index contributed by atoms with van der Waals surface area (Å²) in [4.78, 5) is 2.16. The minimum absolute atomic E-state index is 0.205. The van der Waals surface area contributed by atoms with Gasteiger partial charge in [0.15, 0.2) is 0 Å². The molecule has 0 aromatic heterocycles. The molecule has 5 heteroatoms. The molecule has 1 aliphatic rings. The fraction of sp³-hybridized carbons (Fsp3) is 1.00. The van der Waals surface area contributed by atoms with Crippen LogP contribution in [0.5, 0.6) is 0 Å². The molecule has 0 amide bonds. The van der Waals surface area contributed by atoms with Crippen LogP contribution in [0.2, 0.25) is 0 Å². The van der Waals surface area contributed by atoms with E-state index in [-0.39, 0.29) is 5.92 Å². The summed E-state index contributed by atoms with van der Waals surface area (Å²) >= 11 is 0. The Labute approximate surface area is 114 Å². The van der Waals surface area contributed by atoms with Crippen molar-refractivity contribution in [3.63, 3.8) is 0 Å². The average Bonchev–Trinajstić information content (AvgIpc) is 2.34. The maximum atomic E-state index is 12.7. The normalized spacial score (nSPS) is 24.9. The molecule has 1 aliphatic carbocycles. The molecule has 0 saturated heterocycles. The third-order valence-electron chi connectivity index (χ3n) is 3.91. The second-order valence-corrected chi connectivity index (χ2v) is 5.78. The molecule has 2 unspecified atom stereocenters. The molecular formula is C14H27F3N2. The predicted molar refractivity (Wildman–Crippen MR) is 72.2 cm³/mol. The summed E-state index contributed by atoms with van der Waals surface area (Å²) in [5.74, 6) is -0.866. The predicted octanol–water partition coefficient (Wildman–Crippen LogP) is 3.29. The highest BCUT2D eigenvalue weighted by molar-refractivity contribution is 4.79. The lowest BCUT2D eigenvalue weighted by molar-refractivity contribution is -0.186. The van der Waals surface area contributed by atoms with E-state index in [1.165, 1.54) is 0 Å². The summed E-state index contributed by atoms with van der Waals surface area (Å²) < 4.78 is 38.1. The number of likely N-dealkylation sites (N-methyl/N-ethyl adjacent to an activating group) is 1. The van der Waals surface area contributed by atoms with Gasteiger partial charge < -0.3 is 10.2 Å². The van der Waals surface area contributed by atoms with E-state index in [0.717, 1.165) is 45.4 Å². The Morgan fingerprint density at radius 3 is 2.58 bits per heavy atom. The van der Waals surface area contributed by atoms with Crippen molar-refractivity contribution < 1.29 is 13.2 Å². The van der Waals surface area contributed by atoms with Crippen LogP contribution in [0.1, 0.15) is 39.0 Å². The van der Waals surface area contributed by atoms with Crippen LogP contribution in [0.4, 0.5) is 13.2 Å². The van der Waals surface area contributed by atoms with Crippen molar-refractivity contribution in [2.45, 2.75) is 45.2 Å². The summed E-state index contributed by atoms with van der Waals surface area (Å²) in [5.41, 5.74) is 0. The van der Waals surface area contributed by atoms with Crippen LogP contribution in [-0.2, 0) is 0 Å². The van der Waals surface area contributed by atoms with Gasteiger partial charge >= 0.3 is 6.18 Å². The van der Waals surface area contributed by atoms with Crippen LogP contribution in [-0.4, -0.2) is 44.3 Å². The number of hydrogen-bond acceptors (Lipinski definition) is 2. The molecule has 19 heavy (non-hydrogen) atoms. The van der Waals surface area contributed by atoms with Gasteiger partial charge in [-0.3, -0.25) is 0 Å². The van der Waals surface area contributed by atoms with Gasteiger partial charge in [-0.2, -0.15) is 13.2 Å². The van der Waals surface area contributed by atoms with Crippen molar-refractivity contribution in [2.75, 3.05) is 33.2 Å². The highest BCUT2D eigenvalue weighted by Crippen LogP contribution is 2.39. The van der Waals surface area contributed by atoms with Gasteiger partial charge in [0, 0.05) is 19.6 Å². The van der Waals surface area contributed by atoms with E-state index in [0.29, 0.717) is 12.8 Å². The monoisotopic (exact) mass is 280 g/mol. The molecule has 0 bridgehead atoms. The summed E-state index contributed by atoms with van der Waals surface area (Å²) in [6.07, 6.45) is -0.590. The van der Waals surface area contributed by atoms with E-state index in [9.17, 15) is 13.2 Å². The number of rotatable bonds is 7. The van der Waals surface area contributed by atoms with Gasteiger partial charge in [-0.05, 0) is 45.2 Å². The molecule has 0 aromatic carbocycles. The molecule has 2 nitrogen and oxygen atoms in total. The minimum atomic E-state index is -4.00. The van der Waals surface area contributed by atoms with Crippen molar-refractivity contribution in [1.82, 2.24) is 10.2 Å². The van der Waals surface area contributed by atoms with E-state index in [4.69, 9.17) is 0 Å². The minimum Gasteiger partial charge on any atom is -0.315 e. The molecule has 1 saturated carbocycles. The van der Waals surface area contributed by atoms with E-state index < -0.39 is 12.1 Å². The van der Waals surface area contributed by atoms with Crippen LogP contribution in [0.3, 0.4) is 0 Å². The maximum absolute atomic E-state index is 12.7. The Morgan fingerprint density at radius 1 is 1.21 bits per heavy atom. The first kappa shape index (κ1) is 16.8. The molecule has 2 atom stereocenters. The molecule has 0 aromatic rings. The van der Waals surface area contributed by atoms with Gasteiger partial charge in [-0.1, -0.05) is 13.3 Å². The number of alkyl halides is 3. The zero-order valence-corrected chi connectivity index (χ0v) is 12.1. The highest BCUT2D eigenvalue weighted by atomic mass is 19.4. The van der Waals surface area contributed by atoms with Crippen LogP contribution in [0.15, 0.2) is 0 Å². The fourth-order valence-electron chi connectivity index (χ4n) is 2.86. The highest BCUT2D eigenvalue weighted by Gasteiger charge is 2.42. The Kier molecular flexibility index (Phi) is 7.15. The summed E-state index contributed by atoms with van der Waals surface area (Å²) in [7, 11) is 2.00. The standard InChI is InChI=1S/C14H27F3N2/c1-3-7-18-8-9-19(2)11-12-5-4-6-13(10-12)14(15,16)17/h12-13,18H,3-11H2,1-2H3. The lowest BCUT2D eigenvalue weighted by Gasteiger charge is -2.32. The van der Waals surface area contributed by atoms with E-state index in [2.05, 4.69) is 17.1 Å². The molecule has 114 valence electrons. The van der Waals surface area contributed by atoms with E-state index in [1.54, 1.807) is 0 Å². The molecule has 1 rings (SSSR count). The largest absolute Gasteiger partial charge is 0.391 e. The summed E-state index contributed by atoms with van der Waals surface area (Å²) in [5, 5.41) is 3.31. The molecule has 0 heterocycles. The Hall–Kier alpha value is -0.290. The lowest BCUT2D eigenvalue weighted by Crippen LogP contribution is -2.36. The smallest absolute Gasteiger partial charge is 0.315 e. The topological polar surface area (TPSA) is 15.3 Å². The van der Waals surface area contributed by atoms with Crippen molar-refractivity contribution in [3.8, 4) is 0 Å². The molecule has 1 N–H and O–H groups in total. The van der Waals surface area contributed by atoms with Gasteiger partial charge in [-0.15, -0.1) is 0 Å². The van der Waals surface area contributed by atoms with Gasteiger partial charge in [0.05, 0.1) is 5.92 Å². The third kappa shape index (κ3) is 6.61. The maximum Gasteiger partial charge on any atom is 0.391 e. The van der Waals surface area contributed by atoms with Crippen molar-refractivity contribution in [1.29, 1.82) is 0 Å². The van der Waals surface area contributed by atoms with Gasteiger partial charge in [0.1, 0.15) is 0 Å². The fourth-order valence-corrected chi connectivity index (χ4v) is 2.86. The molecule has 0 radical (unpaired) electrons.